The van der Waals surface area contributed by atoms with Gasteiger partial charge in [-0.05, 0) is 24.6 Å². The van der Waals surface area contributed by atoms with Gasteiger partial charge in [-0.3, -0.25) is 0 Å². The lowest BCUT2D eigenvalue weighted by atomic mass is 10.0. The summed E-state index contributed by atoms with van der Waals surface area (Å²) in [7, 11) is 1.62. The summed E-state index contributed by atoms with van der Waals surface area (Å²) in [5.74, 6) is 1.58. The maximum Gasteiger partial charge on any atom is 0.161 e. The fourth-order valence-electron chi connectivity index (χ4n) is 1.37. The molecule has 3 heteroatoms. The highest BCUT2D eigenvalue weighted by molar-refractivity contribution is 5.43. The van der Waals surface area contributed by atoms with Crippen molar-refractivity contribution in [3.63, 3.8) is 0 Å². The van der Waals surface area contributed by atoms with Gasteiger partial charge in [0.25, 0.3) is 0 Å². The average Bonchev–Trinajstić information content (AvgIpc) is 2.28. The van der Waals surface area contributed by atoms with Crippen LogP contribution in [0.2, 0.25) is 0 Å². The fraction of sp³-hybridized carbons (Fsp3) is 0.500. The molecule has 0 radical (unpaired) electrons. The van der Waals surface area contributed by atoms with Crippen molar-refractivity contribution in [3.05, 3.63) is 23.8 Å². The summed E-state index contributed by atoms with van der Waals surface area (Å²) in [6, 6.07) is 5.73. The van der Waals surface area contributed by atoms with Crippen LogP contribution in [-0.4, -0.2) is 25.4 Å². The normalized spacial score (nSPS) is 12.3. The summed E-state index contributed by atoms with van der Waals surface area (Å²) in [5, 5.41) is 9.06. The van der Waals surface area contributed by atoms with Crippen molar-refractivity contribution in [2.75, 3.05) is 20.3 Å². The molecule has 1 aromatic rings. The Labute approximate surface area is 90.6 Å². The first-order valence-corrected chi connectivity index (χ1v) is 5.14. The number of rotatable bonds is 5. The summed E-state index contributed by atoms with van der Waals surface area (Å²) in [5.41, 5.74) is 1.06. The van der Waals surface area contributed by atoms with Crippen molar-refractivity contribution in [1.29, 1.82) is 0 Å². The molecule has 0 aliphatic rings. The molecule has 3 nitrogen and oxygen atoms in total. The Morgan fingerprint density at radius 1 is 1.33 bits per heavy atom. The summed E-state index contributed by atoms with van der Waals surface area (Å²) < 4.78 is 10.6. The van der Waals surface area contributed by atoms with Crippen LogP contribution >= 0.6 is 0 Å². The summed E-state index contributed by atoms with van der Waals surface area (Å²) in [6.45, 7) is 4.64. The molecule has 0 bridgehead atoms. The first-order chi connectivity index (χ1) is 7.22. The molecule has 1 rings (SSSR count). The van der Waals surface area contributed by atoms with E-state index in [0.717, 1.165) is 17.1 Å². The molecule has 0 fully saturated rings. The Morgan fingerprint density at radius 2 is 2.07 bits per heavy atom. The molecule has 84 valence electrons. The largest absolute Gasteiger partial charge is 0.493 e. The standard InChI is InChI=1S/C12H18O3/c1-4-15-12-7-10(9(2)8-13)5-6-11(12)14-3/h5-7,9,13H,4,8H2,1-3H3. The third kappa shape index (κ3) is 2.86. The van der Waals surface area contributed by atoms with Gasteiger partial charge < -0.3 is 14.6 Å². The third-order valence-electron chi connectivity index (χ3n) is 2.33. The average molecular weight is 210 g/mol. The molecular formula is C12H18O3. The van der Waals surface area contributed by atoms with Gasteiger partial charge in [0, 0.05) is 12.5 Å². The van der Waals surface area contributed by atoms with E-state index < -0.39 is 0 Å². The van der Waals surface area contributed by atoms with Crippen LogP contribution in [0.4, 0.5) is 0 Å². The monoisotopic (exact) mass is 210 g/mol. The van der Waals surface area contributed by atoms with Gasteiger partial charge in [-0.15, -0.1) is 0 Å². The number of hydrogen-bond donors (Lipinski definition) is 1. The second-order valence-corrected chi connectivity index (χ2v) is 3.43. The number of ether oxygens (including phenoxy) is 2. The minimum Gasteiger partial charge on any atom is -0.493 e. The first kappa shape index (κ1) is 11.9. The first-order valence-electron chi connectivity index (χ1n) is 5.14. The zero-order valence-corrected chi connectivity index (χ0v) is 9.49. The minimum atomic E-state index is 0.120. The summed E-state index contributed by atoms with van der Waals surface area (Å²) >= 11 is 0. The van der Waals surface area contributed by atoms with Crippen molar-refractivity contribution in [3.8, 4) is 11.5 Å². The van der Waals surface area contributed by atoms with Crippen LogP contribution in [-0.2, 0) is 0 Å². The molecule has 0 saturated heterocycles. The molecule has 0 saturated carbocycles. The van der Waals surface area contributed by atoms with Gasteiger partial charge in [0.2, 0.25) is 0 Å². The number of aliphatic hydroxyl groups is 1. The smallest absolute Gasteiger partial charge is 0.161 e. The van der Waals surface area contributed by atoms with E-state index >= 15 is 0 Å². The van der Waals surface area contributed by atoms with Gasteiger partial charge in [0.1, 0.15) is 0 Å². The molecule has 1 aromatic carbocycles. The Morgan fingerprint density at radius 3 is 2.60 bits per heavy atom. The molecular weight excluding hydrogens is 192 g/mol. The van der Waals surface area contributed by atoms with Gasteiger partial charge in [-0.2, -0.15) is 0 Å². The molecule has 0 aromatic heterocycles. The highest BCUT2D eigenvalue weighted by Gasteiger charge is 2.09. The molecule has 0 amide bonds. The van der Waals surface area contributed by atoms with Crippen LogP contribution in [0.5, 0.6) is 11.5 Å². The minimum absolute atomic E-state index is 0.120. The molecule has 1 atom stereocenters. The van der Waals surface area contributed by atoms with Crippen molar-refractivity contribution in [2.24, 2.45) is 0 Å². The van der Waals surface area contributed by atoms with Crippen LogP contribution in [0.1, 0.15) is 25.3 Å². The third-order valence-corrected chi connectivity index (χ3v) is 2.33. The molecule has 0 spiro atoms. The zero-order valence-electron chi connectivity index (χ0n) is 9.49. The van der Waals surface area contributed by atoms with Crippen LogP contribution in [0, 0.1) is 0 Å². The van der Waals surface area contributed by atoms with Crippen LogP contribution < -0.4 is 9.47 Å². The number of benzene rings is 1. The van der Waals surface area contributed by atoms with Crippen molar-refractivity contribution < 1.29 is 14.6 Å². The van der Waals surface area contributed by atoms with E-state index in [4.69, 9.17) is 14.6 Å². The topological polar surface area (TPSA) is 38.7 Å². The Bertz CT molecular complexity index is 310. The molecule has 0 aliphatic heterocycles. The molecule has 0 aliphatic carbocycles. The van der Waals surface area contributed by atoms with E-state index in [9.17, 15) is 0 Å². The van der Waals surface area contributed by atoms with Gasteiger partial charge in [0.15, 0.2) is 11.5 Å². The maximum atomic E-state index is 9.06. The molecule has 1 N–H and O–H groups in total. The van der Waals surface area contributed by atoms with E-state index in [0.29, 0.717) is 6.61 Å². The van der Waals surface area contributed by atoms with Crippen LogP contribution in [0.25, 0.3) is 0 Å². The van der Waals surface area contributed by atoms with Gasteiger partial charge in [0.05, 0.1) is 13.7 Å². The van der Waals surface area contributed by atoms with Crippen molar-refractivity contribution in [1.82, 2.24) is 0 Å². The van der Waals surface area contributed by atoms with E-state index in [1.54, 1.807) is 7.11 Å². The van der Waals surface area contributed by atoms with Crippen LogP contribution in [0.3, 0.4) is 0 Å². The highest BCUT2D eigenvalue weighted by Crippen LogP contribution is 2.30. The zero-order chi connectivity index (χ0) is 11.3. The SMILES string of the molecule is CCOc1cc(C(C)CO)ccc1OC. The maximum absolute atomic E-state index is 9.06. The van der Waals surface area contributed by atoms with Crippen molar-refractivity contribution in [2.45, 2.75) is 19.8 Å². The lowest BCUT2D eigenvalue weighted by Crippen LogP contribution is -2.01. The van der Waals surface area contributed by atoms with Gasteiger partial charge in [-0.25, -0.2) is 0 Å². The second kappa shape index (κ2) is 5.61. The quantitative estimate of drug-likeness (QED) is 0.809. The number of methoxy groups -OCH3 is 1. The fourth-order valence-corrected chi connectivity index (χ4v) is 1.37. The lowest BCUT2D eigenvalue weighted by Gasteiger charge is -2.13. The van der Waals surface area contributed by atoms with E-state index in [1.807, 2.05) is 32.0 Å². The van der Waals surface area contributed by atoms with Crippen molar-refractivity contribution >= 4 is 0 Å². The number of hydrogen-bond acceptors (Lipinski definition) is 3. The van der Waals surface area contributed by atoms with Gasteiger partial charge >= 0.3 is 0 Å². The second-order valence-electron chi connectivity index (χ2n) is 3.43. The number of aliphatic hydroxyl groups excluding tert-OH is 1. The molecule has 0 heterocycles. The van der Waals surface area contributed by atoms with Gasteiger partial charge in [-0.1, -0.05) is 13.0 Å². The highest BCUT2D eigenvalue weighted by atomic mass is 16.5. The lowest BCUT2D eigenvalue weighted by molar-refractivity contribution is 0.272. The Kier molecular flexibility index (Phi) is 4.43. The summed E-state index contributed by atoms with van der Waals surface area (Å²) in [4.78, 5) is 0. The summed E-state index contributed by atoms with van der Waals surface area (Å²) in [6.07, 6.45) is 0. The van der Waals surface area contributed by atoms with E-state index in [2.05, 4.69) is 0 Å². The Hall–Kier alpha value is -1.22. The van der Waals surface area contributed by atoms with Crippen LogP contribution in [0.15, 0.2) is 18.2 Å². The molecule has 1 unspecified atom stereocenters. The Balaban J connectivity index is 2.98. The molecule has 15 heavy (non-hydrogen) atoms. The predicted molar refractivity (Wildman–Crippen MR) is 59.7 cm³/mol. The van der Waals surface area contributed by atoms with E-state index in [-0.39, 0.29) is 12.5 Å². The predicted octanol–water partition coefficient (Wildman–Crippen LogP) is 2.19. The van der Waals surface area contributed by atoms with E-state index in [1.165, 1.54) is 0 Å².